The van der Waals surface area contributed by atoms with Crippen molar-refractivity contribution in [3.63, 3.8) is 0 Å². The lowest BCUT2D eigenvalue weighted by Crippen LogP contribution is -2.48. The maximum atomic E-state index is 2.66. The molecule has 1 aliphatic rings. The Morgan fingerprint density at radius 2 is 1.77 bits per heavy atom. The minimum absolute atomic E-state index is 0.719. The molecule has 1 rings (SSSR count). The van der Waals surface area contributed by atoms with Gasteiger partial charge in [0, 0.05) is 12.1 Å². The molecule has 0 aromatic carbocycles. The Hall–Kier alpha value is -0.0400. The molecule has 0 aromatic rings. The highest BCUT2D eigenvalue weighted by Gasteiger charge is 2.30. The van der Waals surface area contributed by atoms with Crippen LogP contribution in [0.3, 0.4) is 0 Å². The van der Waals surface area contributed by atoms with E-state index in [1.165, 1.54) is 19.4 Å². The first kappa shape index (κ1) is 11.0. The Bertz CT molecular complexity index is 135. The summed E-state index contributed by atoms with van der Waals surface area (Å²) in [6.45, 7) is 13.1. The standard InChI is InChI=1S/C12H25N/c1-9(2)12-7-6-8-13(10(3)4)11(12)5/h9-12H,6-8H2,1-5H3/t11?,12-/m1/s1. The van der Waals surface area contributed by atoms with Gasteiger partial charge in [0.2, 0.25) is 0 Å². The van der Waals surface area contributed by atoms with E-state index in [-0.39, 0.29) is 0 Å². The lowest BCUT2D eigenvalue weighted by Gasteiger charge is -2.43. The predicted molar refractivity (Wildman–Crippen MR) is 58.9 cm³/mol. The molecule has 0 aromatic heterocycles. The molecule has 0 amide bonds. The van der Waals surface area contributed by atoms with Gasteiger partial charge in [-0.15, -0.1) is 0 Å². The number of piperidine rings is 1. The minimum Gasteiger partial charge on any atom is -0.298 e. The molecule has 1 nitrogen and oxygen atoms in total. The van der Waals surface area contributed by atoms with Crippen LogP contribution >= 0.6 is 0 Å². The summed E-state index contributed by atoms with van der Waals surface area (Å²) in [6, 6.07) is 1.50. The molecule has 1 heterocycles. The highest BCUT2D eigenvalue weighted by atomic mass is 15.2. The van der Waals surface area contributed by atoms with Gasteiger partial charge < -0.3 is 0 Å². The van der Waals surface area contributed by atoms with Gasteiger partial charge in [0.05, 0.1) is 0 Å². The van der Waals surface area contributed by atoms with Crippen LogP contribution in [0.15, 0.2) is 0 Å². The second-order valence-corrected chi connectivity index (χ2v) is 5.12. The summed E-state index contributed by atoms with van der Waals surface area (Å²) in [5.41, 5.74) is 0. The predicted octanol–water partition coefficient (Wildman–Crippen LogP) is 3.15. The molecule has 0 spiro atoms. The highest BCUT2D eigenvalue weighted by Crippen LogP contribution is 2.30. The third-order valence-corrected chi connectivity index (χ3v) is 3.62. The van der Waals surface area contributed by atoms with Crippen molar-refractivity contribution in [1.29, 1.82) is 0 Å². The van der Waals surface area contributed by atoms with Gasteiger partial charge in [0.25, 0.3) is 0 Å². The van der Waals surface area contributed by atoms with E-state index in [2.05, 4.69) is 39.5 Å². The topological polar surface area (TPSA) is 3.24 Å². The summed E-state index contributed by atoms with van der Waals surface area (Å²) < 4.78 is 0. The molecule has 0 saturated carbocycles. The Morgan fingerprint density at radius 1 is 1.15 bits per heavy atom. The summed E-state index contributed by atoms with van der Waals surface area (Å²) >= 11 is 0. The summed E-state index contributed by atoms with van der Waals surface area (Å²) in [7, 11) is 0. The smallest absolute Gasteiger partial charge is 0.0100 e. The Kier molecular flexibility index (Phi) is 3.78. The van der Waals surface area contributed by atoms with Gasteiger partial charge in [0.1, 0.15) is 0 Å². The summed E-state index contributed by atoms with van der Waals surface area (Å²) in [6.07, 6.45) is 2.83. The van der Waals surface area contributed by atoms with Crippen molar-refractivity contribution in [1.82, 2.24) is 4.90 Å². The average Bonchev–Trinajstić information content (AvgIpc) is 2.03. The minimum atomic E-state index is 0.719. The molecule has 1 saturated heterocycles. The van der Waals surface area contributed by atoms with E-state index in [0.29, 0.717) is 0 Å². The van der Waals surface area contributed by atoms with E-state index in [1.54, 1.807) is 0 Å². The van der Waals surface area contributed by atoms with Gasteiger partial charge in [-0.2, -0.15) is 0 Å². The summed E-state index contributed by atoms with van der Waals surface area (Å²) in [5.74, 6) is 1.76. The molecule has 78 valence electrons. The summed E-state index contributed by atoms with van der Waals surface area (Å²) in [4.78, 5) is 2.66. The van der Waals surface area contributed by atoms with Crippen LogP contribution in [-0.2, 0) is 0 Å². The fourth-order valence-corrected chi connectivity index (χ4v) is 2.82. The molecule has 0 aliphatic carbocycles. The van der Waals surface area contributed by atoms with Gasteiger partial charge in [-0.1, -0.05) is 13.8 Å². The number of nitrogens with zero attached hydrogens (tertiary/aromatic N) is 1. The Labute approximate surface area is 83.5 Å². The van der Waals surface area contributed by atoms with Gasteiger partial charge in [-0.05, 0) is 52.0 Å². The molecular formula is C12H25N. The van der Waals surface area contributed by atoms with Gasteiger partial charge in [-0.3, -0.25) is 4.90 Å². The lowest BCUT2D eigenvalue weighted by atomic mass is 9.81. The van der Waals surface area contributed by atoms with Gasteiger partial charge in [-0.25, -0.2) is 0 Å². The van der Waals surface area contributed by atoms with Crippen LogP contribution in [0.5, 0.6) is 0 Å². The normalized spacial score (nSPS) is 31.6. The molecule has 1 fully saturated rings. The summed E-state index contributed by atoms with van der Waals surface area (Å²) in [5, 5.41) is 0. The molecule has 0 bridgehead atoms. The first-order valence-corrected chi connectivity index (χ1v) is 5.79. The number of hydrogen-bond donors (Lipinski definition) is 0. The van der Waals surface area contributed by atoms with Crippen molar-refractivity contribution in [3.8, 4) is 0 Å². The van der Waals surface area contributed by atoms with E-state index < -0.39 is 0 Å². The first-order chi connectivity index (χ1) is 6.04. The van der Waals surface area contributed by atoms with Crippen molar-refractivity contribution < 1.29 is 0 Å². The van der Waals surface area contributed by atoms with Crippen LogP contribution in [0.25, 0.3) is 0 Å². The van der Waals surface area contributed by atoms with Crippen molar-refractivity contribution in [2.75, 3.05) is 6.54 Å². The molecule has 13 heavy (non-hydrogen) atoms. The van der Waals surface area contributed by atoms with Crippen LogP contribution in [0.1, 0.15) is 47.5 Å². The largest absolute Gasteiger partial charge is 0.298 e. The maximum absolute atomic E-state index is 2.66. The van der Waals surface area contributed by atoms with Crippen LogP contribution < -0.4 is 0 Å². The fraction of sp³-hybridized carbons (Fsp3) is 1.00. The van der Waals surface area contributed by atoms with Crippen molar-refractivity contribution in [3.05, 3.63) is 0 Å². The second-order valence-electron chi connectivity index (χ2n) is 5.12. The quantitative estimate of drug-likeness (QED) is 0.635. The lowest BCUT2D eigenvalue weighted by molar-refractivity contribution is 0.0543. The van der Waals surface area contributed by atoms with Crippen molar-refractivity contribution >= 4 is 0 Å². The van der Waals surface area contributed by atoms with E-state index in [0.717, 1.165) is 23.9 Å². The van der Waals surface area contributed by atoms with E-state index in [9.17, 15) is 0 Å². The van der Waals surface area contributed by atoms with E-state index in [1.807, 2.05) is 0 Å². The molecule has 2 atom stereocenters. The second kappa shape index (κ2) is 4.45. The number of hydrogen-bond acceptors (Lipinski definition) is 1. The Balaban J connectivity index is 2.60. The van der Waals surface area contributed by atoms with Crippen LogP contribution in [-0.4, -0.2) is 23.5 Å². The van der Waals surface area contributed by atoms with E-state index in [4.69, 9.17) is 0 Å². The zero-order chi connectivity index (χ0) is 10.0. The number of rotatable bonds is 2. The Morgan fingerprint density at radius 3 is 2.23 bits per heavy atom. The zero-order valence-corrected chi connectivity index (χ0v) is 9.88. The highest BCUT2D eigenvalue weighted by molar-refractivity contribution is 4.84. The fourth-order valence-electron chi connectivity index (χ4n) is 2.82. The van der Waals surface area contributed by atoms with Crippen LogP contribution in [0.2, 0.25) is 0 Å². The average molecular weight is 183 g/mol. The zero-order valence-electron chi connectivity index (χ0n) is 9.88. The van der Waals surface area contributed by atoms with Crippen LogP contribution in [0, 0.1) is 11.8 Å². The molecule has 0 N–H and O–H groups in total. The molecule has 0 radical (unpaired) electrons. The van der Waals surface area contributed by atoms with Gasteiger partial charge >= 0.3 is 0 Å². The maximum Gasteiger partial charge on any atom is 0.0100 e. The molecule has 1 unspecified atom stereocenters. The molecular weight excluding hydrogens is 158 g/mol. The van der Waals surface area contributed by atoms with Crippen molar-refractivity contribution in [2.24, 2.45) is 11.8 Å². The van der Waals surface area contributed by atoms with Gasteiger partial charge in [0.15, 0.2) is 0 Å². The number of likely N-dealkylation sites (tertiary alicyclic amines) is 1. The van der Waals surface area contributed by atoms with Crippen LogP contribution in [0.4, 0.5) is 0 Å². The third kappa shape index (κ3) is 2.46. The molecule has 1 aliphatic heterocycles. The van der Waals surface area contributed by atoms with E-state index >= 15 is 0 Å². The third-order valence-electron chi connectivity index (χ3n) is 3.62. The molecule has 1 heteroatoms. The SMILES string of the molecule is CC(C)[C@H]1CCCN(C(C)C)C1C. The first-order valence-electron chi connectivity index (χ1n) is 5.79. The van der Waals surface area contributed by atoms with Crippen molar-refractivity contribution in [2.45, 2.75) is 59.5 Å². The monoisotopic (exact) mass is 183 g/mol.